The second-order valence-corrected chi connectivity index (χ2v) is 3.38. The average molecular weight is 185 g/mol. The SMILES string of the molecule is CCN1CCN(CC(=O)NC)CC1. The fraction of sp³-hybridized carbons (Fsp3) is 0.889. The molecule has 1 amide bonds. The van der Waals surface area contributed by atoms with E-state index in [-0.39, 0.29) is 5.91 Å². The average Bonchev–Trinajstić information content (AvgIpc) is 2.19. The number of rotatable bonds is 3. The molecule has 0 aliphatic carbocycles. The fourth-order valence-corrected chi connectivity index (χ4v) is 1.55. The van der Waals surface area contributed by atoms with Gasteiger partial charge in [-0.2, -0.15) is 0 Å². The Morgan fingerprint density at radius 1 is 1.23 bits per heavy atom. The number of nitrogens with one attached hydrogen (secondary N) is 1. The lowest BCUT2D eigenvalue weighted by Crippen LogP contribution is -2.48. The Kier molecular flexibility index (Phi) is 4.18. The Balaban J connectivity index is 2.21. The van der Waals surface area contributed by atoms with Gasteiger partial charge in [-0.3, -0.25) is 9.69 Å². The first-order chi connectivity index (χ1) is 6.26. The number of carbonyl (C=O) groups excluding carboxylic acids is 1. The van der Waals surface area contributed by atoms with Crippen LogP contribution in [-0.4, -0.2) is 62.0 Å². The molecule has 1 heterocycles. The van der Waals surface area contributed by atoms with Gasteiger partial charge < -0.3 is 10.2 Å². The second-order valence-electron chi connectivity index (χ2n) is 3.38. The van der Waals surface area contributed by atoms with Gasteiger partial charge in [-0.1, -0.05) is 6.92 Å². The van der Waals surface area contributed by atoms with Crippen LogP contribution in [-0.2, 0) is 4.79 Å². The van der Waals surface area contributed by atoms with Crippen molar-refractivity contribution in [2.24, 2.45) is 0 Å². The van der Waals surface area contributed by atoms with Crippen LogP contribution in [0.15, 0.2) is 0 Å². The van der Waals surface area contributed by atoms with Crippen molar-refractivity contribution in [2.45, 2.75) is 6.92 Å². The molecular formula is C9H19N3O. The molecule has 0 radical (unpaired) electrons. The number of hydrogen-bond donors (Lipinski definition) is 1. The maximum Gasteiger partial charge on any atom is 0.233 e. The summed E-state index contributed by atoms with van der Waals surface area (Å²) in [6.07, 6.45) is 0. The molecule has 4 heteroatoms. The Morgan fingerprint density at radius 2 is 1.77 bits per heavy atom. The van der Waals surface area contributed by atoms with Gasteiger partial charge in [0.05, 0.1) is 6.54 Å². The number of piperazine rings is 1. The molecule has 0 aromatic rings. The monoisotopic (exact) mass is 185 g/mol. The zero-order valence-electron chi connectivity index (χ0n) is 8.55. The van der Waals surface area contributed by atoms with E-state index in [1.54, 1.807) is 7.05 Å². The number of nitrogens with zero attached hydrogens (tertiary/aromatic N) is 2. The van der Waals surface area contributed by atoms with Gasteiger partial charge in [0, 0.05) is 33.2 Å². The first-order valence-electron chi connectivity index (χ1n) is 4.91. The van der Waals surface area contributed by atoms with Crippen molar-refractivity contribution >= 4 is 5.91 Å². The van der Waals surface area contributed by atoms with E-state index in [2.05, 4.69) is 22.0 Å². The molecule has 0 atom stereocenters. The van der Waals surface area contributed by atoms with Gasteiger partial charge in [-0.25, -0.2) is 0 Å². The minimum atomic E-state index is 0.116. The van der Waals surface area contributed by atoms with E-state index in [0.29, 0.717) is 6.54 Å². The van der Waals surface area contributed by atoms with Gasteiger partial charge in [0.1, 0.15) is 0 Å². The van der Waals surface area contributed by atoms with Crippen LogP contribution in [0.1, 0.15) is 6.92 Å². The van der Waals surface area contributed by atoms with Crippen LogP contribution < -0.4 is 5.32 Å². The number of hydrogen-bond acceptors (Lipinski definition) is 3. The van der Waals surface area contributed by atoms with Gasteiger partial charge >= 0.3 is 0 Å². The van der Waals surface area contributed by atoms with Crippen molar-refractivity contribution in [1.82, 2.24) is 15.1 Å². The van der Waals surface area contributed by atoms with Crippen LogP contribution in [0.4, 0.5) is 0 Å². The van der Waals surface area contributed by atoms with Gasteiger partial charge in [0.2, 0.25) is 5.91 Å². The minimum Gasteiger partial charge on any atom is -0.358 e. The smallest absolute Gasteiger partial charge is 0.233 e. The van der Waals surface area contributed by atoms with Crippen LogP contribution in [0.3, 0.4) is 0 Å². The molecular weight excluding hydrogens is 166 g/mol. The first kappa shape index (κ1) is 10.5. The lowest BCUT2D eigenvalue weighted by molar-refractivity contribution is -0.122. The topological polar surface area (TPSA) is 35.6 Å². The van der Waals surface area contributed by atoms with Crippen molar-refractivity contribution in [3.8, 4) is 0 Å². The predicted octanol–water partition coefficient (Wildman–Crippen LogP) is -0.630. The lowest BCUT2D eigenvalue weighted by Gasteiger charge is -2.33. The third-order valence-corrected chi connectivity index (χ3v) is 2.56. The molecule has 0 bridgehead atoms. The van der Waals surface area contributed by atoms with Crippen molar-refractivity contribution in [3.63, 3.8) is 0 Å². The Labute approximate surface area is 79.9 Å². The molecule has 1 aliphatic rings. The maximum absolute atomic E-state index is 11.1. The summed E-state index contributed by atoms with van der Waals surface area (Å²) in [7, 11) is 1.69. The van der Waals surface area contributed by atoms with Crippen LogP contribution in [0.5, 0.6) is 0 Å². The van der Waals surface area contributed by atoms with Crippen LogP contribution in [0, 0.1) is 0 Å². The van der Waals surface area contributed by atoms with E-state index >= 15 is 0 Å². The van der Waals surface area contributed by atoms with Gasteiger partial charge in [-0.15, -0.1) is 0 Å². The first-order valence-corrected chi connectivity index (χ1v) is 4.91. The highest BCUT2D eigenvalue weighted by Crippen LogP contribution is 1.99. The third kappa shape index (κ3) is 3.32. The lowest BCUT2D eigenvalue weighted by atomic mass is 10.3. The summed E-state index contributed by atoms with van der Waals surface area (Å²) in [5.41, 5.74) is 0. The summed E-state index contributed by atoms with van der Waals surface area (Å²) >= 11 is 0. The molecule has 1 rings (SSSR count). The highest BCUT2D eigenvalue weighted by molar-refractivity contribution is 5.77. The normalized spacial score (nSPS) is 20.2. The highest BCUT2D eigenvalue weighted by atomic mass is 16.1. The van der Waals surface area contributed by atoms with E-state index < -0.39 is 0 Å². The van der Waals surface area contributed by atoms with E-state index in [9.17, 15) is 4.79 Å². The van der Waals surface area contributed by atoms with E-state index in [1.807, 2.05) is 0 Å². The van der Waals surface area contributed by atoms with Crippen LogP contribution in [0.25, 0.3) is 0 Å². The van der Waals surface area contributed by atoms with Crippen LogP contribution in [0.2, 0.25) is 0 Å². The zero-order valence-corrected chi connectivity index (χ0v) is 8.55. The molecule has 0 spiro atoms. The van der Waals surface area contributed by atoms with E-state index in [0.717, 1.165) is 32.7 Å². The van der Waals surface area contributed by atoms with Crippen molar-refractivity contribution in [1.29, 1.82) is 0 Å². The van der Waals surface area contributed by atoms with Gasteiger partial charge in [0.25, 0.3) is 0 Å². The molecule has 13 heavy (non-hydrogen) atoms. The molecule has 1 saturated heterocycles. The summed E-state index contributed by atoms with van der Waals surface area (Å²) in [5.74, 6) is 0.116. The third-order valence-electron chi connectivity index (χ3n) is 2.56. The molecule has 0 unspecified atom stereocenters. The predicted molar refractivity (Wildman–Crippen MR) is 52.6 cm³/mol. The molecule has 1 fully saturated rings. The second kappa shape index (κ2) is 5.19. The maximum atomic E-state index is 11.1. The number of likely N-dealkylation sites (N-methyl/N-ethyl adjacent to an activating group) is 2. The van der Waals surface area contributed by atoms with Crippen LogP contribution >= 0.6 is 0 Å². The molecule has 1 aliphatic heterocycles. The van der Waals surface area contributed by atoms with Gasteiger partial charge in [-0.05, 0) is 6.54 Å². The number of carbonyl (C=O) groups is 1. The van der Waals surface area contributed by atoms with Crippen molar-refractivity contribution in [3.05, 3.63) is 0 Å². The standard InChI is InChI=1S/C9H19N3O/c1-3-11-4-6-12(7-5-11)8-9(13)10-2/h3-8H2,1-2H3,(H,10,13). The summed E-state index contributed by atoms with van der Waals surface area (Å²) in [5, 5.41) is 2.64. The zero-order chi connectivity index (χ0) is 9.68. The summed E-state index contributed by atoms with van der Waals surface area (Å²) in [4.78, 5) is 15.7. The summed E-state index contributed by atoms with van der Waals surface area (Å²) in [6.45, 7) is 8.06. The summed E-state index contributed by atoms with van der Waals surface area (Å²) < 4.78 is 0. The Morgan fingerprint density at radius 3 is 2.23 bits per heavy atom. The molecule has 1 N–H and O–H groups in total. The van der Waals surface area contributed by atoms with Crippen molar-refractivity contribution in [2.75, 3.05) is 46.3 Å². The molecule has 0 aromatic heterocycles. The molecule has 4 nitrogen and oxygen atoms in total. The quantitative estimate of drug-likeness (QED) is 0.636. The van der Waals surface area contributed by atoms with E-state index in [1.165, 1.54) is 0 Å². The van der Waals surface area contributed by atoms with Gasteiger partial charge in [0.15, 0.2) is 0 Å². The fourth-order valence-electron chi connectivity index (χ4n) is 1.55. The largest absolute Gasteiger partial charge is 0.358 e. The molecule has 0 aromatic carbocycles. The minimum absolute atomic E-state index is 0.116. The molecule has 0 saturated carbocycles. The summed E-state index contributed by atoms with van der Waals surface area (Å²) in [6, 6.07) is 0. The molecule has 76 valence electrons. The Bertz CT molecular complexity index is 164. The highest BCUT2D eigenvalue weighted by Gasteiger charge is 2.16. The number of amides is 1. The van der Waals surface area contributed by atoms with Crippen molar-refractivity contribution < 1.29 is 4.79 Å². The van der Waals surface area contributed by atoms with E-state index in [4.69, 9.17) is 0 Å². The Hall–Kier alpha value is -0.610.